The number of hydrogen-bond acceptors (Lipinski definition) is 2. The summed E-state index contributed by atoms with van der Waals surface area (Å²) < 4.78 is 13.2. The lowest BCUT2D eigenvalue weighted by atomic mass is 10.2. The summed E-state index contributed by atoms with van der Waals surface area (Å²) in [5.74, 6) is 0.494. The third kappa shape index (κ3) is 3.21. The van der Waals surface area contributed by atoms with Crippen LogP contribution in [0.4, 0.5) is 5.69 Å². The van der Waals surface area contributed by atoms with Crippen molar-refractivity contribution >= 4 is 32.4 Å². The Labute approximate surface area is 118 Å². The highest BCUT2D eigenvalue weighted by Crippen LogP contribution is 2.23. The zero-order chi connectivity index (χ0) is 13.1. The lowest BCUT2D eigenvalue weighted by molar-refractivity contribution is 0.683. The van der Waals surface area contributed by atoms with E-state index >= 15 is 0 Å². The summed E-state index contributed by atoms with van der Waals surface area (Å²) in [6.07, 6.45) is 0. The number of benzene rings is 2. The average Bonchev–Trinajstić information content (AvgIpc) is 2.28. The summed E-state index contributed by atoms with van der Waals surface area (Å²) in [6.45, 7) is 2.03. The van der Waals surface area contributed by atoms with Gasteiger partial charge in [0.2, 0.25) is 0 Å². The lowest BCUT2D eigenvalue weighted by Gasteiger charge is -2.07. The van der Waals surface area contributed by atoms with Gasteiger partial charge in [-0.25, -0.2) is 0 Å². The van der Waals surface area contributed by atoms with E-state index < -0.39 is 10.8 Å². The van der Waals surface area contributed by atoms with Gasteiger partial charge in [0, 0.05) is 10.2 Å². The number of rotatable bonds is 3. The number of aryl methyl sites for hydroxylation is 1. The average molecular weight is 324 g/mol. The van der Waals surface area contributed by atoms with Gasteiger partial charge in [-0.3, -0.25) is 4.21 Å². The first-order chi connectivity index (χ1) is 8.56. The molecule has 0 amide bonds. The number of halogens is 1. The van der Waals surface area contributed by atoms with E-state index in [-0.39, 0.29) is 0 Å². The Morgan fingerprint density at radius 2 is 2.00 bits per heavy atom. The SMILES string of the molecule is Cc1cccc(CS(=O)c2ccc(Br)cc2N)c1. The Bertz CT molecular complexity index is 598. The Kier molecular flexibility index (Phi) is 4.19. The zero-order valence-corrected chi connectivity index (χ0v) is 12.4. The molecule has 0 aliphatic carbocycles. The second-order valence-corrected chi connectivity index (χ2v) is 6.50. The first-order valence-electron chi connectivity index (χ1n) is 5.55. The van der Waals surface area contributed by atoms with Gasteiger partial charge in [0.15, 0.2) is 0 Å². The summed E-state index contributed by atoms with van der Waals surface area (Å²) in [5.41, 5.74) is 8.69. The Hall–Kier alpha value is -1.13. The minimum absolute atomic E-state index is 0.494. The van der Waals surface area contributed by atoms with Crippen molar-refractivity contribution in [3.05, 3.63) is 58.1 Å². The molecule has 18 heavy (non-hydrogen) atoms. The fourth-order valence-electron chi connectivity index (χ4n) is 1.76. The highest BCUT2D eigenvalue weighted by Gasteiger charge is 2.09. The summed E-state index contributed by atoms with van der Waals surface area (Å²) in [4.78, 5) is 0.694. The molecule has 0 saturated carbocycles. The zero-order valence-electron chi connectivity index (χ0n) is 10.0. The summed E-state index contributed by atoms with van der Waals surface area (Å²) in [7, 11) is -1.11. The monoisotopic (exact) mass is 323 g/mol. The molecule has 0 heterocycles. The van der Waals surface area contributed by atoms with Gasteiger partial charge in [-0.05, 0) is 30.7 Å². The Morgan fingerprint density at radius 3 is 2.67 bits per heavy atom. The molecule has 0 aromatic heterocycles. The number of anilines is 1. The largest absolute Gasteiger partial charge is 0.398 e. The molecule has 4 heteroatoms. The molecular formula is C14H14BrNOS. The van der Waals surface area contributed by atoms with E-state index in [1.807, 2.05) is 43.3 Å². The summed E-state index contributed by atoms with van der Waals surface area (Å²) in [5, 5.41) is 0. The van der Waals surface area contributed by atoms with E-state index in [1.54, 1.807) is 6.07 Å². The van der Waals surface area contributed by atoms with E-state index in [0.29, 0.717) is 16.3 Å². The van der Waals surface area contributed by atoms with E-state index in [4.69, 9.17) is 5.73 Å². The van der Waals surface area contributed by atoms with E-state index in [1.165, 1.54) is 5.56 Å². The van der Waals surface area contributed by atoms with Crippen LogP contribution in [0.5, 0.6) is 0 Å². The van der Waals surface area contributed by atoms with Crippen molar-refractivity contribution in [3.63, 3.8) is 0 Å². The molecule has 0 fully saturated rings. The van der Waals surface area contributed by atoms with E-state index in [0.717, 1.165) is 10.0 Å². The van der Waals surface area contributed by atoms with Crippen LogP contribution in [0.2, 0.25) is 0 Å². The fourth-order valence-corrected chi connectivity index (χ4v) is 3.32. The Morgan fingerprint density at radius 1 is 1.22 bits per heavy atom. The highest BCUT2D eigenvalue weighted by atomic mass is 79.9. The van der Waals surface area contributed by atoms with Crippen molar-refractivity contribution in [1.82, 2.24) is 0 Å². The van der Waals surface area contributed by atoms with Gasteiger partial charge in [-0.2, -0.15) is 0 Å². The second-order valence-electron chi connectivity index (χ2n) is 4.16. The minimum Gasteiger partial charge on any atom is -0.398 e. The predicted molar refractivity (Wildman–Crippen MR) is 79.8 cm³/mol. The molecule has 0 aliphatic rings. The molecule has 2 rings (SSSR count). The molecule has 1 unspecified atom stereocenters. The van der Waals surface area contributed by atoms with Crippen molar-refractivity contribution in [3.8, 4) is 0 Å². The maximum absolute atomic E-state index is 12.3. The first kappa shape index (κ1) is 13.3. The standard InChI is InChI=1S/C14H14BrNOS/c1-10-3-2-4-11(7-10)9-18(17)14-6-5-12(15)8-13(14)16/h2-8H,9,16H2,1H3. The molecule has 0 saturated heterocycles. The van der Waals surface area contributed by atoms with Crippen LogP contribution >= 0.6 is 15.9 Å². The van der Waals surface area contributed by atoms with Gasteiger partial charge < -0.3 is 5.73 Å². The second kappa shape index (κ2) is 5.67. The normalized spacial score (nSPS) is 12.3. The molecule has 0 bridgehead atoms. The molecular weight excluding hydrogens is 310 g/mol. The van der Waals surface area contributed by atoms with Gasteiger partial charge in [-0.1, -0.05) is 45.8 Å². The van der Waals surface area contributed by atoms with Gasteiger partial charge in [0.1, 0.15) is 0 Å². The number of nitrogens with two attached hydrogens (primary N) is 1. The van der Waals surface area contributed by atoms with Crippen LogP contribution in [0.15, 0.2) is 51.8 Å². The molecule has 1 atom stereocenters. The summed E-state index contributed by atoms with van der Waals surface area (Å²) >= 11 is 3.34. The lowest BCUT2D eigenvalue weighted by Crippen LogP contribution is -2.01. The van der Waals surface area contributed by atoms with E-state index in [2.05, 4.69) is 15.9 Å². The van der Waals surface area contributed by atoms with Crippen molar-refractivity contribution in [2.45, 2.75) is 17.6 Å². The van der Waals surface area contributed by atoms with E-state index in [9.17, 15) is 4.21 Å². The molecule has 2 aromatic carbocycles. The molecule has 2 aromatic rings. The molecule has 0 spiro atoms. The van der Waals surface area contributed by atoms with Crippen molar-refractivity contribution in [1.29, 1.82) is 0 Å². The van der Waals surface area contributed by atoms with Crippen LogP contribution in [0, 0.1) is 6.92 Å². The van der Waals surface area contributed by atoms with Crippen LogP contribution in [0.3, 0.4) is 0 Å². The van der Waals surface area contributed by atoms with Gasteiger partial charge in [0.05, 0.1) is 21.4 Å². The van der Waals surface area contributed by atoms with Gasteiger partial charge >= 0.3 is 0 Å². The van der Waals surface area contributed by atoms with Crippen LogP contribution < -0.4 is 5.73 Å². The highest BCUT2D eigenvalue weighted by molar-refractivity contribution is 9.10. The Balaban J connectivity index is 2.22. The minimum atomic E-state index is -1.11. The maximum Gasteiger partial charge on any atom is 0.0621 e. The first-order valence-corrected chi connectivity index (χ1v) is 7.66. The topological polar surface area (TPSA) is 43.1 Å². The number of nitrogen functional groups attached to an aromatic ring is 1. The van der Waals surface area contributed by atoms with Crippen molar-refractivity contribution in [2.75, 3.05) is 5.73 Å². The van der Waals surface area contributed by atoms with Gasteiger partial charge in [-0.15, -0.1) is 0 Å². The van der Waals surface area contributed by atoms with Crippen LogP contribution in [0.1, 0.15) is 11.1 Å². The number of hydrogen-bond donors (Lipinski definition) is 1. The molecule has 2 N–H and O–H groups in total. The molecule has 0 radical (unpaired) electrons. The fraction of sp³-hybridized carbons (Fsp3) is 0.143. The smallest absolute Gasteiger partial charge is 0.0621 e. The van der Waals surface area contributed by atoms with Crippen LogP contribution in [-0.4, -0.2) is 4.21 Å². The van der Waals surface area contributed by atoms with Crippen LogP contribution in [-0.2, 0) is 16.6 Å². The molecule has 94 valence electrons. The molecule has 2 nitrogen and oxygen atoms in total. The third-order valence-corrected chi connectivity index (χ3v) is 4.55. The van der Waals surface area contributed by atoms with Crippen molar-refractivity contribution < 1.29 is 4.21 Å². The van der Waals surface area contributed by atoms with Crippen molar-refractivity contribution in [2.24, 2.45) is 0 Å². The predicted octanol–water partition coefficient (Wildman–Crippen LogP) is 3.65. The molecule has 0 aliphatic heterocycles. The maximum atomic E-state index is 12.3. The quantitative estimate of drug-likeness (QED) is 0.876. The van der Waals surface area contributed by atoms with Gasteiger partial charge in [0.25, 0.3) is 0 Å². The summed E-state index contributed by atoms with van der Waals surface area (Å²) in [6, 6.07) is 13.5. The third-order valence-electron chi connectivity index (χ3n) is 2.60. The van der Waals surface area contributed by atoms with Crippen LogP contribution in [0.25, 0.3) is 0 Å².